The summed E-state index contributed by atoms with van der Waals surface area (Å²) < 4.78 is 36.4. The van der Waals surface area contributed by atoms with Crippen LogP contribution in [0.3, 0.4) is 0 Å². The van der Waals surface area contributed by atoms with Gasteiger partial charge in [-0.3, -0.25) is 0 Å². The van der Waals surface area contributed by atoms with E-state index in [2.05, 4.69) is 21.2 Å². The van der Waals surface area contributed by atoms with Crippen LogP contribution in [-0.4, -0.2) is 6.54 Å². The summed E-state index contributed by atoms with van der Waals surface area (Å²) in [5.74, 6) is -0.380. The minimum absolute atomic E-state index is 0.00651. The first-order chi connectivity index (χ1) is 6.59. The van der Waals surface area contributed by atoms with E-state index in [1.165, 1.54) is 18.2 Å². The molecule has 0 unspecified atom stereocenters. The predicted molar refractivity (Wildman–Crippen MR) is 52.9 cm³/mol. The predicted octanol–water partition coefficient (Wildman–Crippen LogP) is 3.78. The molecule has 0 spiro atoms. The van der Waals surface area contributed by atoms with E-state index in [-0.39, 0.29) is 12.4 Å². The van der Waals surface area contributed by atoms with Crippen molar-refractivity contribution in [1.82, 2.24) is 0 Å². The fraction of sp³-hybridized carbons (Fsp3) is 0.111. The molecule has 1 aromatic rings. The third kappa shape index (κ3) is 3.41. The van der Waals surface area contributed by atoms with Crippen molar-refractivity contribution < 1.29 is 13.2 Å². The maximum atomic E-state index is 12.6. The van der Waals surface area contributed by atoms with E-state index < -0.39 is 6.08 Å². The zero-order chi connectivity index (χ0) is 10.6. The van der Waals surface area contributed by atoms with Gasteiger partial charge < -0.3 is 5.32 Å². The number of halogens is 4. The average molecular weight is 266 g/mol. The number of benzene rings is 1. The molecule has 1 N–H and O–H groups in total. The molecule has 0 aliphatic rings. The molecule has 1 aromatic carbocycles. The number of nitrogens with one attached hydrogen (secondary N) is 1. The van der Waals surface area contributed by atoms with E-state index in [4.69, 9.17) is 0 Å². The summed E-state index contributed by atoms with van der Waals surface area (Å²) in [7, 11) is 0. The van der Waals surface area contributed by atoms with Gasteiger partial charge in [0.1, 0.15) is 5.82 Å². The highest BCUT2D eigenvalue weighted by molar-refractivity contribution is 9.10. The van der Waals surface area contributed by atoms with Gasteiger partial charge in [0, 0.05) is 22.8 Å². The molecule has 0 heterocycles. The molecule has 0 fully saturated rings. The molecule has 0 radical (unpaired) electrons. The van der Waals surface area contributed by atoms with Crippen LogP contribution in [0.25, 0.3) is 0 Å². The molecule has 1 nitrogen and oxygen atoms in total. The van der Waals surface area contributed by atoms with Crippen LogP contribution < -0.4 is 5.32 Å². The van der Waals surface area contributed by atoms with Crippen LogP contribution in [0.1, 0.15) is 0 Å². The smallest absolute Gasteiger partial charge is 0.268 e. The zero-order valence-electron chi connectivity index (χ0n) is 7.03. The van der Waals surface area contributed by atoms with Crippen LogP contribution in [0.4, 0.5) is 18.9 Å². The van der Waals surface area contributed by atoms with Gasteiger partial charge in [-0.15, -0.1) is 0 Å². The van der Waals surface area contributed by atoms with Gasteiger partial charge in [-0.2, -0.15) is 8.78 Å². The Balaban J connectivity index is 2.64. The molecule has 0 aromatic heterocycles. The average Bonchev–Trinajstić information content (AvgIpc) is 2.08. The van der Waals surface area contributed by atoms with E-state index in [1.807, 2.05) is 0 Å². The van der Waals surface area contributed by atoms with Gasteiger partial charge in [0.2, 0.25) is 0 Å². The Labute approximate surface area is 87.8 Å². The van der Waals surface area contributed by atoms with Crippen LogP contribution in [0.2, 0.25) is 0 Å². The van der Waals surface area contributed by atoms with Crippen LogP contribution in [0, 0.1) is 5.82 Å². The number of anilines is 1. The Bertz CT molecular complexity index is 348. The summed E-state index contributed by atoms with van der Waals surface area (Å²) in [5, 5.41) is 2.70. The first-order valence-electron chi connectivity index (χ1n) is 3.79. The third-order valence-corrected chi connectivity index (χ3v) is 2.14. The second-order valence-corrected chi connectivity index (χ2v) is 3.35. The molecular formula is C9H7BrF3N. The SMILES string of the molecule is FC(F)=CCNc1ccc(F)cc1Br. The molecule has 0 aliphatic carbocycles. The van der Waals surface area contributed by atoms with Crippen LogP contribution in [0.5, 0.6) is 0 Å². The van der Waals surface area contributed by atoms with Crippen LogP contribution in [-0.2, 0) is 0 Å². The summed E-state index contributed by atoms with van der Waals surface area (Å²) in [6.45, 7) is 0.00651. The zero-order valence-corrected chi connectivity index (χ0v) is 8.61. The second kappa shape index (κ2) is 5.05. The van der Waals surface area contributed by atoms with Crippen LogP contribution in [0.15, 0.2) is 34.8 Å². The Kier molecular flexibility index (Phi) is 4.00. The van der Waals surface area contributed by atoms with Crippen molar-refractivity contribution in [2.45, 2.75) is 0 Å². The normalized spacial score (nSPS) is 9.71. The van der Waals surface area contributed by atoms with E-state index in [0.29, 0.717) is 10.2 Å². The maximum Gasteiger partial charge on any atom is 0.268 e. The fourth-order valence-electron chi connectivity index (χ4n) is 0.871. The molecule has 0 saturated heterocycles. The number of hydrogen-bond donors (Lipinski definition) is 1. The first kappa shape index (κ1) is 11.1. The van der Waals surface area contributed by atoms with Gasteiger partial charge in [0.25, 0.3) is 6.08 Å². The van der Waals surface area contributed by atoms with Gasteiger partial charge >= 0.3 is 0 Å². The van der Waals surface area contributed by atoms with Crippen molar-refractivity contribution in [3.63, 3.8) is 0 Å². The van der Waals surface area contributed by atoms with Gasteiger partial charge in [-0.1, -0.05) is 0 Å². The molecule has 76 valence electrons. The standard InChI is InChI=1S/C9H7BrF3N/c10-7-5-6(11)1-2-8(7)14-4-3-9(12)13/h1-3,5,14H,4H2. The fourth-order valence-corrected chi connectivity index (χ4v) is 1.36. The van der Waals surface area contributed by atoms with Crippen LogP contribution >= 0.6 is 15.9 Å². The van der Waals surface area contributed by atoms with Crippen molar-refractivity contribution in [3.05, 3.63) is 40.6 Å². The lowest BCUT2D eigenvalue weighted by Gasteiger charge is -2.05. The minimum Gasteiger partial charge on any atom is -0.380 e. The van der Waals surface area contributed by atoms with Crippen molar-refractivity contribution in [3.8, 4) is 0 Å². The lowest BCUT2D eigenvalue weighted by molar-refractivity contribution is 0.419. The van der Waals surface area contributed by atoms with Gasteiger partial charge in [0.05, 0.1) is 0 Å². The van der Waals surface area contributed by atoms with E-state index in [0.717, 1.165) is 6.08 Å². The highest BCUT2D eigenvalue weighted by Gasteiger charge is 1.99. The lowest BCUT2D eigenvalue weighted by Crippen LogP contribution is -1.99. The number of rotatable bonds is 3. The maximum absolute atomic E-state index is 12.6. The van der Waals surface area contributed by atoms with Crippen molar-refractivity contribution in [2.75, 3.05) is 11.9 Å². The number of hydrogen-bond acceptors (Lipinski definition) is 1. The summed E-state index contributed by atoms with van der Waals surface area (Å²) in [4.78, 5) is 0. The highest BCUT2D eigenvalue weighted by Crippen LogP contribution is 2.22. The molecule has 0 aliphatic heterocycles. The molecule has 5 heteroatoms. The monoisotopic (exact) mass is 265 g/mol. The molecule has 0 saturated carbocycles. The first-order valence-corrected chi connectivity index (χ1v) is 4.59. The quantitative estimate of drug-likeness (QED) is 0.877. The van der Waals surface area contributed by atoms with E-state index >= 15 is 0 Å². The van der Waals surface area contributed by atoms with E-state index in [1.54, 1.807) is 0 Å². The summed E-state index contributed by atoms with van der Waals surface area (Å²) in [6.07, 6.45) is -0.994. The Morgan fingerprint density at radius 3 is 2.71 bits per heavy atom. The van der Waals surface area contributed by atoms with Gasteiger partial charge in [0.15, 0.2) is 0 Å². The summed E-state index contributed by atoms with van der Waals surface area (Å²) in [6, 6.07) is 3.99. The van der Waals surface area contributed by atoms with Crippen molar-refractivity contribution >= 4 is 21.6 Å². The second-order valence-electron chi connectivity index (χ2n) is 2.50. The van der Waals surface area contributed by atoms with E-state index in [9.17, 15) is 13.2 Å². The van der Waals surface area contributed by atoms with Gasteiger partial charge in [-0.25, -0.2) is 4.39 Å². The Morgan fingerprint density at radius 2 is 2.14 bits per heavy atom. The molecule has 0 bridgehead atoms. The van der Waals surface area contributed by atoms with Gasteiger partial charge in [-0.05, 0) is 34.1 Å². The molecule has 1 rings (SSSR count). The van der Waals surface area contributed by atoms with Crippen molar-refractivity contribution in [1.29, 1.82) is 0 Å². The summed E-state index contributed by atoms with van der Waals surface area (Å²) >= 11 is 3.10. The summed E-state index contributed by atoms with van der Waals surface area (Å²) in [5.41, 5.74) is 0.573. The molecule has 0 atom stereocenters. The van der Waals surface area contributed by atoms with Crippen molar-refractivity contribution in [2.24, 2.45) is 0 Å². The minimum atomic E-state index is -1.74. The Hall–Kier alpha value is -0.970. The molecule has 14 heavy (non-hydrogen) atoms. The third-order valence-electron chi connectivity index (χ3n) is 1.48. The molecular weight excluding hydrogens is 259 g/mol. The largest absolute Gasteiger partial charge is 0.380 e. The Morgan fingerprint density at radius 1 is 1.43 bits per heavy atom. The topological polar surface area (TPSA) is 12.0 Å². The molecule has 0 amide bonds. The highest BCUT2D eigenvalue weighted by atomic mass is 79.9. The lowest BCUT2D eigenvalue weighted by atomic mass is 10.3.